The van der Waals surface area contributed by atoms with Gasteiger partial charge < -0.3 is 14.4 Å². The fourth-order valence-electron chi connectivity index (χ4n) is 5.95. The Balaban J connectivity index is 1.54. The van der Waals surface area contributed by atoms with Crippen molar-refractivity contribution in [3.8, 4) is 11.5 Å². The summed E-state index contributed by atoms with van der Waals surface area (Å²) in [4.78, 5) is 6.65. The zero-order chi connectivity index (χ0) is 30.9. The van der Waals surface area contributed by atoms with Gasteiger partial charge >= 0.3 is 0 Å². The van der Waals surface area contributed by atoms with E-state index in [4.69, 9.17) is 21.1 Å². The zero-order valence-electron chi connectivity index (χ0n) is 24.2. The number of pyridine rings is 1. The van der Waals surface area contributed by atoms with Gasteiger partial charge in [0.15, 0.2) is 10.7 Å². The second-order valence-electron chi connectivity index (χ2n) is 11.1. The predicted octanol–water partition coefficient (Wildman–Crippen LogP) is 6.02. The number of sulfonamides is 1. The highest BCUT2D eigenvalue weighted by atomic mass is 35.5. The third-order valence-electron chi connectivity index (χ3n) is 8.32. The summed E-state index contributed by atoms with van der Waals surface area (Å²) in [6.07, 6.45) is 4.16. The third-order valence-corrected chi connectivity index (χ3v) is 10.5. The Hall–Kier alpha value is -3.22. The number of rotatable bonds is 9. The average Bonchev–Trinajstić information content (AvgIpc) is 3.40. The van der Waals surface area contributed by atoms with Gasteiger partial charge in [-0.05, 0) is 63.5 Å². The normalized spacial score (nSPS) is 19.5. The highest BCUT2D eigenvalue weighted by Crippen LogP contribution is 2.41. The van der Waals surface area contributed by atoms with Crippen LogP contribution in [-0.2, 0) is 16.6 Å². The maximum Gasteiger partial charge on any atom is 0.271 e. The number of methoxy groups -OCH3 is 2. The smallest absolute Gasteiger partial charge is 0.271 e. The number of benzene rings is 2. The molecule has 1 aromatic heterocycles. The van der Waals surface area contributed by atoms with E-state index >= 15 is 8.78 Å². The topological polar surface area (TPSA) is 75.2 Å². The summed E-state index contributed by atoms with van der Waals surface area (Å²) in [5.74, 6) is -3.40. The molecular formula is C30H34ClF3N4O4S. The Kier molecular flexibility index (Phi) is 9.01. The lowest BCUT2D eigenvalue weighted by atomic mass is 9.95. The van der Waals surface area contributed by atoms with Gasteiger partial charge in [0, 0.05) is 36.3 Å². The second-order valence-corrected chi connectivity index (χ2v) is 13.2. The van der Waals surface area contributed by atoms with Crippen LogP contribution in [0.5, 0.6) is 11.5 Å². The molecular weight excluding hydrogens is 605 g/mol. The van der Waals surface area contributed by atoms with Gasteiger partial charge in [-0.15, -0.1) is 0 Å². The molecule has 13 heteroatoms. The van der Waals surface area contributed by atoms with Crippen LogP contribution in [0.3, 0.4) is 0 Å². The van der Waals surface area contributed by atoms with Crippen LogP contribution in [0, 0.1) is 17.6 Å². The van der Waals surface area contributed by atoms with Crippen molar-refractivity contribution >= 4 is 33.1 Å². The molecule has 2 aliphatic rings. The van der Waals surface area contributed by atoms with E-state index in [9.17, 15) is 12.8 Å². The lowest BCUT2D eigenvalue weighted by molar-refractivity contribution is 0.0978. The Morgan fingerprint density at radius 2 is 1.77 bits per heavy atom. The summed E-state index contributed by atoms with van der Waals surface area (Å²) in [6.45, 7) is 4.57. The SMILES string of the molecule is COc1ccc(CN(c2cccc(F)n2)S(=O)(=O)c2c(F)cc(N3CC[C@](C)(N4CCCCC4)C3)c(Cl)c2F)c(OC)c1. The van der Waals surface area contributed by atoms with Crippen molar-refractivity contribution in [3.05, 3.63) is 70.6 Å². The minimum atomic E-state index is -5.02. The molecule has 232 valence electrons. The Morgan fingerprint density at radius 3 is 2.44 bits per heavy atom. The first kappa shape index (κ1) is 31.2. The highest BCUT2D eigenvalue weighted by molar-refractivity contribution is 7.92. The number of hydrogen-bond donors (Lipinski definition) is 0. The van der Waals surface area contributed by atoms with Gasteiger partial charge in [0.2, 0.25) is 5.95 Å². The van der Waals surface area contributed by atoms with Crippen LogP contribution >= 0.6 is 11.6 Å². The molecule has 8 nitrogen and oxygen atoms in total. The van der Waals surface area contributed by atoms with E-state index in [1.54, 1.807) is 11.0 Å². The first-order chi connectivity index (χ1) is 20.5. The summed E-state index contributed by atoms with van der Waals surface area (Å²) in [6, 6.07) is 9.11. The molecule has 3 heterocycles. The Bertz CT molecular complexity index is 1610. The van der Waals surface area contributed by atoms with Crippen LogP contribution in [0.15, 0.2) is 47.4 Å². The van der Waals surface area contributed by atoms with Gasteiger partial charge in [0.1, 0.15) is 28.2 Å². The summed E-state index contributed by atoms with van der Waals surface area (Å²) >= 11 is 6.46. The van der Waals surface area contributed by atoms with Gasteiger partial charge in [-0.2, -0.15) is 4.39 Å². The van der Waals surface area contributed by atoms with Crippen LogP contribution < -0.4 is 18.7 Å². The number of piperidine rings is 1. The fraction of sp³-hybridized carbons (Fsp3) is 0.433. The standard InChI is InChI=1S/C30H34ClF3N4O4S/c1-30(37-13-5-4-6-14-37)12-15-36(19-30)23-17-22(32)29(28(34)27(23)31)43(39,40)38(26-9-7-8-25(33)35-26)18-20-10-11-21(41-2)16-24(20)42-3/h7-11,16-17H,4-6,12-15,18-19H2,1-3H3/t30-/m0/s1. The fourth-order valence-corrected chi connectivity index (χ4v) is 7.78. The van der Waals surface area contributed by atoms with E-state index in [1.807, 2.05) is 0 Å². The van der Waals surface area contributed by atoms with Gasteiger partial charge in [-0.1, -0.05) is 24.1 Å². The van der Waals surface area contributed by atoms with Crippen LogP contribution in [-0.4, -0.2) is 64.2 Å². The number of anilines is 2. The van der Waals surface area contributed by atoms with Gasteiger partial charge in [-0.3, -0.25) is 4.90 Å². The maximum absolute atomic E-state index is 16.0. The van der Waals surface area contributed by atoms with Crippen LogP contribution in [0.4, 0.5) is 24.7 Å². The Labute approximate surface area is 255 Å². The molecule has 3 aromatic rings. The van der Waals surface area contributed by atoms with Crippen molar-refractivity contribution < 1.29 is 31.1 Å². The van der Waals surface area contributed by atoms with E-state index in [-0.39, 0.29) is 22.8 Å². The lowest BCUT2D eigenvalue weighted by Crippen LogP contribution is -2.50. The minimum Gasteiger partial charge on any atom is -0.497 e. The molecule has 0 aliphatic carbocycles. The van der Waals surface area contributed by atoms with Crippen molar-refractivity contribution in [1.82, 2.24) is 9.88 Å². The van der Waals surface area contributed by atoms with Crippen molar-refractivity contribution in [2.75, 3.05) is 49.6 Å². The molecule has 2 saturated heterocycles. The summed E-state index contributed by atoms with van der Waals surface area (Å²) in [5, 5.41) is -0.503. The number of halogens is 4. The molecule has 0 radical (unpaired) electrons. The molecule has 1 atom stereocenters. The summed E-state index contributed by atoms with van der Waals surface area (Å²) in [7, 11) is -2.18. The maximum atomic E-state index is 16.0. The van der Waals surface area contributed by atoms with Crippen LogP contribution in [0.1, 0.15) is 38.2 Å². The van der Waals surface area contributed by atoms with Gasteiger partial charge in [0.05, 0.1) is 26.5 Å². The number of likely N-dealkylation sites (tertiary alicyclic amines) is 1. The van der Waals surface area contributed by atoms with Crippen LogP contribution in [0.2, 0.25) is 5.02 Å². The quantitative estimate of drug-likeness (QED) is 0.210. The molecule has 5 rings (SSSR count). The van der Waals surface area contributed by atoms with Gasteiger partial charge in [0.25, 0.3) is 10.0 Å². The average molecular weight is 639 g/mol. The largest absolute Gasteiger partial charge is 0.497 e. The molecule has 2 aliphatic heterocycles. The van der Waals surface area contributed by atoms with E-state index in [0.717, 1.165) is 44.5 Å². The van der Waals surface area contributed by atoms with E-state index in [2.05, 4.69) is 16.8 Å². The van der Waals surface area contributed by atoms with Gasteiger partial charge in [-0.25, -0.2) is 26.5 Å². The highest BCUT2D eigenvalue weighted by Gasteiger charge is 2.42. The van der Waals surface area contributed by atoms with E-state index in [1.165, 1.54) is 44.9 Å². The molecule has 0 unspecified atom stereocenters. The van der Waals surface area contributed by atoms with Crippen molar-refractivity contribution in [3.63, 3.8) is 0 Å². The number of ether oxygens (including phenoxy) is 2. The molecule has 2 fully saturated rings. The van der Waals surface area contributed by atoms with Crippen molar-refractivity contribution in [2.24, 2.45) is 0 Å². The van der Waals surface area contributed by atoms with Crippen molar-refractivity contribution in [2.45, 2.75) is 49.6 Å². The molecule has 0 bridgehead atoms. The number of hydrogen-bond acceptors (Lipinski definition) is 7. The monoisotopic (exact) mass is 638 g/mol. The van der Waals surface area contributed by atoms with E-state index < -0.39 is 44.1 Å². The minimum absolute atomic E-state index is 0.0867. The molecule has 0 spiro atoms. The predicted molar refractivity (Wildman–Crippen MR) is 159 cm³/mol. The summed E-state index contributed by atoms with van der Waals surface area (Å²) < 4.78 is 85.4. The Morgan fingerprint density at radius 1 is 1.02 bits per heavy atom. The lowest BCUT2D eigenvalue weighted by Gasteiger charge is -2.41. The van der Waals surface area contributed by atoms with Crippen LogP contribution in [0.25, 0.3) is 0 Å². The molecule has 43 heavy (non-hydrogen) atoms. The molecule has 0 N–H and O–H groups in total. The summed E-state index contributed by atoms with van der Waals surface area (Å²) in [5.41, 5.74) is 0.206. The molecule has 0 saturated carbocycles. The number of aromatic nitrogens is 1. The number of nitrogens with zero attached hydrogens (tertiary/aromatic N) is 4. The molecule has 0 amide bonds. The van der Waals surface area contributed by atoms with E-state index in [0.29, 0.717) is 28.7 Å². The second kappa shape index (κ2) is 12.4. The molecule has 2 aromatic carbocycles. The third kappa shape index (κ3) is 6.09. The zero-order valence-corrected chi connectivity index (χ0v) is 25.8. The first-order valence-electron chi connectivity index (χ1n) is 14.0. The van der Waals surface area contributed by atoms with Crippen molar-refractivity contribution in [1.29, 1.82) is 0 Å². The first-order valence-corrected chi connectivity index (χ1v) is 15.8.